The molecule has 0 aromatic heterocycles. The van der Waals surface area contributed by atoms with E-state index in [4.69, 9.17) is 4.43 Å². The Kier molecular flexibility index (Phi) is 5.93. The predicted molar refractivity (Wildman–Crippen MR) is 133 cm³/mol. The molecule has 0 unspecified atom stereocenters. The standard InChI is InChI=1S/C29H32OSi/c1-28(2,3)31(26-18-10-6-11-19-26,27-20-12-7-13-21-27)30-22-14-17-25-23-29(25,4)24-15-8-5-9-16-24/h5-13,15-16,18-21,25H,22-23H2,1-4H3/t25-,29+/m1/s1. The number of hydrogen-bond donors (Lipinski definition) is 0. The van der Waals surface area contributed by atoms with Crippen molar-refractivity contribution in [3.05, 3.63) is 96.6 Å². The highest BCUT2D eigenvalue weighted by molar-refractivity contribution is 6.99. The maximum atomic E-state index is 6.88. The molecule has 0 N–H and O–H groups in total. The van der Waals surface area contributed by atoms with Crippen LogP contribution in [0.5, 0.6) is 0 Å². The van der Waals surface area contributed by atoms with E-state index in [-0.39, 0.29) is 10.5 Å². The first-order valence-corrected chi connectivity index (χ1v) is 13.1. The van der Waals surface area contributed by atoms with Crippen molar-refractivity contribution in [1.82, 2.24) is 0 Å². The molecule has 31 heavy (non-hydrogen) atoms. The Balaban J connectivity index is 1.60. The maximum absolute atomic E-state index is 6.88. The lowest BCUT2D eigenvalue weighted by Crippen LogP contribution is -2.66. The quantitative estimate of drug-likeness (QED) is 0.386. The molecule has 1 saturated carbocycles. The first kappa shape index (κ1) is 21.6. The van der Waals surface area contributed by atoms with Crippen LogP contribution in [0, 0.1) is 17.8 Å². The van der Waals surface area contributed by atoms with E-state index in [1.165, 1.54) is 15.9 Å². The van der Waals surface area contributed by atoms with Gasteiger partial charge in [0.1, 0.15) is 0 Å². The van der Waals surface area contributed by atoms with E-state index in [1.54, 1.807) is 0 Å². The second-order valence-electron chi connectivity index (χ2n) is 9.81. The zero-order chi connectivity index (χ0) is 22.0. The summed E-state index contributed by atoms with van der Waals surface area (Å²) in [5.74, 6) is 7.34. The van der Waals surface area contributed by atoms with Gasteiger partial charge >= 0.3 is 0 Å². The predicted octanol–water partition coefficient (Wildman–Crippen LogP) is 5.54. The number of rotatable bonds is 5. The van der Waals surface area contributed by atoms with Crippen molar-refractivity contribution < 1.29 is 4.43 Å². The van der Waals surface area contributed by atoms with Crippen molar-refractivity contribution in [3.63, 3.8) is 0 Å². The first-order chi connectivity index (χ1) is 14.9. The van der Waals surface area contributed by atoms with Crippen LogP contribution in [0.1, 0.15) is 39.7 Å². The van der Waals surface area contributed by atoms with Crippen molar-refractivity contribution >= 4 is 18.7 Å². The van der Waals surface area contributed by atoms with Gasteiger partial charge in [0.05, 0.1) is 6.61 Å². The average Bonchev–Trinajstić information content (AvgIpc) is 3.46. The summed E-state index contributed by atoms with van der Waals surface area (Å²) < 4.78 is 6.88. The summed E-state index contributed by atoms with van der Waals surface area (Å²) in [5.41, 5.74) is 1.58. The molecule has 158 valence electrons. The molecule has 1 aliphatic carbocycles. The van der Waals surface area contributed by atoms with Crippen LogP contribution in [0.2, 0.25) is 5.04 Å². The zero-order valence-electron chi connectivity index (χ0n) is 19.1. The third-order valence-electron chi connectivity index (χ3n) is 6.72. The average molecular weight is 425 g/mol. The van der Waals surface area contributed by atoms with E-state index in [9.17, 15) is 0 Å². The molecule has 0 saturated heterocycles. The van der Waals surface area contributed by atoms with Gasteiger partial charge in [0.25, 0.3) is 8.32 Å². The molecule has 0 amide bonds. The van der Waals surface area contributed by atoms with Crippen LogP contribution in [-0.2, 0) is 9.84 Å². The normalized spacial score (nSPS) is 20.6. The Morgan fingerprint density at radius 3 is 1.81 bits per heavy atom. The van der Waals surface area contributed by atoms with Crippen LogP contribution < -0.4 is 10.4 Å². The lowest BCUT2D eigenvalue weighted by molar-refractivity contribution is 0.346. The molecule has 1 nitrogen and oxygen atoms in total. The lowest BCUT2D eigenvalue weighted by atomic mass is 9.96. The SMILES string of the molecule is CC(C)(C)[Si](OCC#C[C@@H]1C[C@@]1(C)c1ccccc1)(c1ccccc1)c1ccccc1. The summed E-state index contributed by atoms with van der Waals surface area (Å²) in [6.07, 6.45) is 1.13. The minimum atomic E-state index is -2.50. The second kappa shape index (κ2) is 8.50. The molecule has 0 aliphatic heterocycles. The van der Waals surface area contributed by atoms with Crippen molar-refractivity contribution in [2.75, 3.05) is 6.61 Å². The highest BCUT2D eigenvalue weighted by Gasteiger charge is 2.51. The Morgan fingerprint density at radius 1 is 0.839 bits per heavy atom. The number of benzene rings is 3. The zero-order valence-corrected chi connectivity index (χ0v) is 20.1. The van der Waals surface area contributed by atoms with Crippen LogP contribution in [0.4, 0.5) is 0 Å². The molecular weight excluding hydrogens is 392 g/mol. The van der Waals surface area contributed by atoms with Gasteiger partial charge in [0.2, 0.25) is 0 Å². The fourth-order valence-corrected chi connectivity index (χ4v) is 9.23. The minimum absolute atomic E-state index is 0.0183. The smallest absolute Gasteiger partial charge is 0.262 e. The summed E-state index contributed by atoms with van der Waals surface area (Å²) in [6.45, 7) is 9.71. The molecule has 3 aromatic carbocycles. The van der Waals surface area contributed by atoms with Gasteiger partial charge in [-0.2, -0.15) is 0 Å². The molecule has 4 rings (SSSR count). The van der Waals surface area contributed by atoms with Crippen molar-refractivity contribution in [2.24, 2.45) is 5.92 Å². The van der Waals surface area contributed by atoms with Gasteiger partial charge in [-0.25, -0.2) is 0 Å². The third kappa shape index (κ3) is 4.13. The van der Waals surface area contributed by atoms with E-state index >= 15 is 0 Å². The van der Waals surface area contributed by atoms with Crippen LogP contribution in [-0.4, -0.2) is 14.9 Å². The summed E-state index contributed by atoms with van der Waals surface area (Å²) in [6, 6.07) is 32.3. The molecule has 0 radical (unpaired) electrons. The highest BCUT2D eigenvalue weighted by Crippen LogP contribution is 2.53. The van der Waals surface area contributed by atoms with Gasteiger partial charge in [-0.3, -0.25) is 0 Å². The van der Waals surface area contributed by atoms with Crippen LogP contribution in [0.25, 0.3) is 0 Å². The van der Waals surface area contributed by atoms with Gasteiger partial charge in [-0.1, -0.05) is 131 Å². The number of hydrogen-bond acceptors (Lipinski definition) is 1. The highest BCUT2D eigenvalue weighted by atomic mass is 28.4. The van der Waals surface area contributed by atoms with E-state index in [2.05, 4.69) is 131 Å². The topological polar surface area (TPSA) is 9.23 Å². The third-order valence-corrected chi connectivity index (χ3v) is 11.7. The van der Waals surface area contributed by atoms with E-state index in [0.717, 1.165) is 6.42 Å². The Bertz CT molecular complexity index is 1020. The fourth-order valence-electron chi connectivity index (χ4n) is 4.78. The molecule has 2 atom stereocenters. The Hall–Kier alpha value is -2.60. The van der Waals surface area contributed by atoms with Crippen molar-refractivity contribution in [2.45, 2.75) is 44.6 Å². The van der Waals surface area contributed by atoms with Crippen molar-refractivity contribution in [1.29, 1.82) is 0 Å². The van der Waals surface area contributed by atoms with Gasteiger partial charge in [-0.15, -0.1) is 0 Å². The van der Waals surface area contributed by atoms with Crippen LogP contribution in [0.15, 0.2) is 91.0 Å². The molecule has 3 aromatic rings. The van der Waals surface area contributed by atoms with Gasteiger partial charge in [-0.05, 0) is 27.4 Å². The van der Waals surface area contributed by atoms with Crippen molar-refractivity contribution in [3.8, 4) is 11.8 Å². The molecule has 1 aliphatic rings. The monoisotopic (exact) mass is 424 g/mol. The molecule has 0 spiro atoms. The Morgan fingerprint density at radius 2 is 1.32 bits per heavy atom. The van der Waals surface area contributed by atoms with Gasteiger partial charge < -0.3 is 4.43 Å². The molecular formula is C29H32OSi. The summed E-state index contributed by atoms with van der Waals surface area (Å²) >= 11 is 0. The lowest BCUT2D eigenvalue weighted by Gasteiger charge is -2.42. The fraction of sp³-hybridized carbons (Fsp3) is 0.310. The Labute approximate surface area is 188 Å². The first-order valence-electron chi connectivity index (χ1n) is 11.2. The van der Waals surface area contributed by atoms with E-state index < -0.39 is 8.32 Å². The van der Waals surface area contributed by atoms with Crippen LogP contribution in [0.3, 0.4) is 0 Å². The minimum Gasteiger partial charge on any atom is -0.396 e. The summed E-state index contributed by atoms with van der Waals surface area (Å²) in [7, 11) is -2.50. The molecule has 2 heteroatoms. The van der Waals surface area contributed by atoms with Gasteiger partial charge in [0.15, 0.2) is 0 Å². The molecule has 1 fully saturated rings. The summed E-state index contributed by atoms with van der Waals surface area (Å²) in [5, 5.41) is 2.59. The van der Waals surface area contributed by atoms with Crippen LogP contribution >= 0.6 is 0 Å². The van der Waals surface area contributed by atoms with E-state index in [0.29, 0.717) is 12.5 Å². The maximum Gasteiger partial charge on any atom is 0.262 e. The molecule has 0 bridgehead atoms. The largest absolute Gasteiger partial charge is 0.396 e. The molecule has 0 heterocycles. The van der Waals surface area contributed by atoms with Gasteiger partial charge in [0, 0.05) is 11.3 Å². The van der Waals surface area contributed by atoms with E-state index in [1.807, 2.05) is 0 Å². The summed E-state index contributed by atoms with van der Waals surface area (Å²) in [4.78, 5) is 0. The second-order valence-corrected chi connectivity index (χ2v) is 14.1.